The van der Waals surface area contributed by atoms with Crippen LogP contribution in [0.5, 0.6) is 0 Å². The molecular weight excluding hydrogens is 867 g/mol. The molecule has 0 saturated heterocycles. The first-order valence-corrected chi connectivity index (χ1v) is 18.8. The Kier molecular flexibility index (Phi) is 21.9. The van der Waals surface area contributed by atoms with Crippen LogP contribution >= 0.6 is 0 Å². The summed E-state index contributed by atoms with van der Waals surface area (Å²) >= 11 is -6.61. The zero-order chi connectivity index (χ0) is 24.1. The fourth-order valence-corrected chi connectivity index (χ4v) is 5.32. The van der Waals surface area contributed by atoms with Gasteiger partial charge in [0.25, 0.3) is 0 Å². The molecule has 3 aromatic rings. The van der Waals surface area contributed by atoms with E-state index >= 15 is 0 Å². The summed E-state index contributed by atoms with van der Waals surface area (Å²) in [7, 11) is 5.25. The van der Waals surface area contributed by atoms with E-state index in [0.717, 1.165) is 0 Å². The van der Waals surface area contributed by atoms with E-state index in [-0.39, 0.29) is 64.9 Å². The van der Waals surface area contributed by atoms with Gasteiger partial charge in [-0.2, -0.15) is 0 Å². The fourth-order valence-electron chi connectivity index (χ4n) is 1.67. The van der Waals surface area contributed by atoms with Crippen LogP contribution in [0.25, 0.3) is 0 Å². The summed E-state index contributed by atoms with van der Waals surface area (Å²) in [6, 6.07) is 30.8. The Bertz CT molecular complexity index is 731. The van der Waals surface area contributed by atoms with Gasteiger partial charge in [-0.1, -0.05) is 54.6 Å². The molecular formula is C21H24I3O7Sb. The quantitative estimate of drug-likeness (QED) is 0.179. The van der Waals surface area contributed by atoms with Crippen molar-refractivity contribution < 1.29 is 87.2 Å². The maximum absolute atomic E-state index is 8.64. The van der Waals surface area contributed by atoms with E-state index in [2.05, 4.69) is 36.4 Å². The standard InChI is InChI=1S/3C7H8IO.4O.Sb/c3*1-9-8-7-5-3-2-4-6-7;;;;;/h3*2-6H,1H3;;;;;/q3*+1;;3*-1;. The Hall–Kier alpha value is 0.228. The molecule has 3 aromatic carbocycles. The predicted molar refractivity (Wildman–Crippen MR) is 103 cm³/mol. The first-order valence-electron chi connectivity index (χ1n) is 8.72. The van der Waals surface area contributed by atoms with Crippen molar-refractivity contribution >= 4 is 20.1 Å². The molecule has 0 aliphatic carbocycles. The Morgan fingerprint density at radius 3 is 0.875 bits per heavy atom. The number of benzene rings is 3. The molecule has 0 aliphatic rings. The van der Waals surface area contributed by atoms with Crippen molar-refractivity contribution in [1.29, 1.82) is 0 Å². The molecule has 32 heavy (non-hydrogen) atoms. The third-order valence-electron chi connectivity index (χ3n) is 2.70. The molecule has 0 saturated carbocycles. The van der Waals surface area contributed by atoms with Gasteiger partial charge in [-0.15, -0.1) is 9.20 Å². The van der Waals surface area contributed by atoms with Crippen molar-refractivity contribution in [2.45, 2.75) is 0 Å². The first-order chi connectivity index (χ1) is 15.3. The molecule has 0 N–H and O–H groups in total. The normalized spacial score (nSPS) is 9.81. The molecule has 0 aliphatic heterocycles. The van der Waals surface area contributed by atoms with Crippen LogP contribution in [0.2, 0.25) is 0 Å². The van der Waals surface area contributed by atoms with E-state index in [1.54, 1.807) is 21.3 Å². The third-order valence-corrected chi connectivity index (χ3v) is 7.70. The number of halogens is 3. The monoisotopic (exact) mass is 890 g/mol. The van der Waals surface area contributed by atoms with Gasteiger partial charge in [-0.05, 0) is 36.4 Å². The van der Waals surface area contributed by atoms with Crippen molar-refractivity contribution in [3.05, 3.63) is 102 Å². The van der Waals surface area contributed by atoms with Gasteiger partial charge in [0.1, 0.15) is 0 Å². The van der Waals surface area contributed by atoms with Crippen LogP contribution in [-0.2, 0) is 12.2 Å². The number of hydrogen-bond donors (Lipinski definition) is 0. The molecule has 0 amide bonds. The van der Waals surface area contributed by atoms with Gasteiger partial charge in [0.05, 0.1) is 21.3 Å². The number of hydrogen-bond acceptors (Lipinski definition) is 7. The van der Waals surface area contributed by atoms with Crippen LogP contribution in [0.15, 0.2) is 91.0 Å². The minimum atomic E-state index is -6.10. The van der Waals surface area contributed by atoms with Crippen LogP contribution in [0.4, 0.5) is 0 Å². The van der Waals surface area contributed by atoms with Crippen molar-refractivity contribution in [3.63, 3.8) is 0 Å². The van der Waals surface area contributed by atoms with Crippen molar-refractivity contribution in [1.82, 2.24) is 0 Å². The average Bonchev–Trinajstić information content (AvgIpc) is 2.77. The second kappa shape index (κ2) is 21.7. The summed E-state index contributed by atoms with van der Waals surface area (Å²) in [6.45, 7) is 0. The average molecular weight is 891 g/mol. The van der Waals surface area contributed by atoms with Crippen molar-refractivity contribution in [3.8, 4) is 0 Å². The summed E-state index contributed by atoms with van der Waals surface area (Å²) in [5.41, 5.74) is 0. The Morgan fingerprint density at radius 2 is 0.719 bits per heavy atom. The summed E-state index contributed by atoms with van der Waals surface area (Å²) in [5, 5.41) is 0. The molecule has 7 nitrogen and oxygen atoms in total. The van der Waals surface area contributed by atoms with Crippen LogP contribution in [-0.4, -0.2) is 41.4 Å². The predicted octanol–water partition coefficient (Wildman–Crippen LogP) is -8.55. The fraction of sp³-hybridized carbons (Fsp3) is 0.143. The molecule has 0 fully saturated rings. The SMILES string of the molecule is CO[I+]c1ccccc1.CO[I+]c1ccccc1.CO[I+]c1ccccc1.[O]=[Sb]([O-])([O-])[O-]. The van der Waals surface area contributed by atoms with E-state index in [0.29, 0.717) is 0 Å². The second-order valence-corrected chi connectivity index (χ2v) is 15.3. The second-order valence-electron chi connectivity index (χ2n) is 5.03. The van der Waals surface area contributed by atoms with Gasteiger partial charge in [-0.3, -0.25) is 0 Å². The molecule has 0 atom stereocenters. The van der Waals surface area contributed by atoms with Crippen LogP contribution in [0.3, 0.4) is 0 Å². The molecule has 176 valence electrons. The summed E-state index contributed by atoms with van der Waals surface area (Å²) in [6.07, 6.45) is 0. The van der Waals surface area contributed by atoms with Gasteiger partial charge < -0.3 is 0 Å². The van der Waals surface area contributed by atoms with Crippen LogP contribution in [0.1, 0.15) is 0 Å². The van der Waals surface area contributed by atoms with Crippen molar-refractivity contribution in [2.75, 3.05) is 21.3 Å². The molecule has 0 heterocycles. The minimum absolute atomic E-state index is 0.170. The van der Waals surface area contributed by atoms with E-state index in [1.807, 2.05) is 54.6 Å². The summed E-state index contributed by atoms with van der Waals surface area (Å²) in [5.74, 6) is 0. The zero-order valence-electron chi connectivity index (χ0n) is 17.6. The van der Waals surface area contributed by atoms with E-state index in [9.17, 15) is 0 Å². The van der Waals surface area contributed by atoms with Crippen LogP contribution in [0, 0.1) is 10.7 Å². The van der Waals surface area contributed by atoms with E-state index in [1.165, 1.54) is 10.7 Å². The molecule has 0 unspecified atom stereocenters. The first kappa shape index (κ1) is 32.2. The van der Waals surface area contributed by atoms with Gasteiger partial charge in [-0.25, -0.2) is 0 Å². The van der Waals surface area contributed by atoms with Crippen LogP contribution < -0.4 is 75.0 Å². The topological polar surface area (TPSA) is 114 Å². The Labute approximate surface area is 227 Å². The molecule has 3 rings (SSSR count). The molecule has 11 heteroatoms. The molecule has 0 aromatic heterocycles. The van der Waals surface area contributed by atoms with E-state index < -0.39 is 20.1 Å². The third kappa shape index (κ3) is 23.4. The molecule has 0 spiro atoms. The van der Waals surface area contributed by atoms with Crippen molar-refractivity contribution in [2.24, 2.45) is 0 Å². The van der Waals surface area contributed by atoms with Gasteiger partial charge in [0.15, 0.2) is 0 Å². The molecule has 0 radical (unpaired) electrons. The zero-order valence-corrected chi connectivity index (χ0v) is 26.6. The Balaban J connectivity index is 0.000000410. The van der Waals surface area contributed by atoms with Gasteiger partial charge in [0.2, 0.25) is 10.7 Å². The van der Waals surface area contributed by atoms with E-state index in [4.69, 9.17) is 22.4 Å². The number of rotatable bonds is 6. The maximum atomic E-state index is 8.64. The summed E-state index contributed by atoms with van der Waals surface area (Å²) < 4.78 is 53.7. The van der Waals surface area contributed by atoms with Gasteiger partial charge in [0, 0.05) is 0 Å². The van der Waals surface area contributed by atoms with Gasteiger partial charge >= 0.3 is 98.1 Å². The summed E-state index contributed by atoms with van der Waals surface area (Å²) in [4.78, 5) is 0. The molecule has 0 bridgehead atoms. The Morgan fingerprint density at radius 1 is 0.531 bits per heavy atom.